The maximum Gasteiger partial charge on any atom is 0.114 e. The smallest absolute Gasteiger partial charge is 0.114 e. The number of rotatable bonds is 3. The number of piperidine rings is 1. The Labute approximate surface area is 159 Å². The van der Waals surface area contributed by atoms with Crippen molar-refractivity contribution < 1.29 is 5.11 Å². The van der Waals surface area contributed by atoms with Crippen LogP contribution in [0.4, 0.5) is 0 Å². The van der Waals surface area contributed by atoms with Crippen molar-refractivity contribution in [2.75, 3.05) is 13.1 Å². The summed E-state index contributed by atoms with van der Waals surface area (Å²) in [5, 5.41) is 12.8. The van der Waals surface area contributed by atoms with Gasteiger partial charge in [0.1, 0.15) is 5.60 Å². The molecular weight excluding hydrogens is 334 g/mol. The second-order valence-electron chi connectivity index (χ2n) is 8.09. The fourth-order valence-corrected chi connectivity index (χ4v) is 5.17. The van der Waals surface area contributed by atoms with E-state index in [9.17, 15) is 5.11 Å². The van der Waals surface area contributed by atoms with E-state index in [0.717, 1.165) is 43.7 Å². The van der Waals surface area contributed by atoms with E-state index < -0.39 is 5.60 Å². The molecule has 4 nitrogen and oxygen atoms in total. The van der Waals surface area contributed by atoms with Gasteiger partial charge in [-0.1, -0.05) is 24.6 Å². The van der Waals surface area contributed by atoms with E-state index in [-0.39, 0.29) is 11.8 Å². The molecule has 1 saturated heterocycles. The monoisotopic (exact) mass is 359 g/mol. The molecule has 1 aliphatic heterocycles. The summed E-state index contributed by atoms with van der Waals surface area (Å²) >= 11 is 0. The fraction of sp³-hybridized carbons (Fsp3) is 0.391. The van der Waals surface area contributed by atoms with E-state index in [4.69, 9.17) is 0 Å². The first-order chi connectivity index (χ1) is 13.2. The van der Waals surface area contributed by atoms with Gasteiger partial charge in [0.25, 0.3) is 0 Å². The molecule has 1 saturated carbocycles. The van der Waals surface area contributed by atoms with Gasteiger partial charge in [0, 0.05) is 49.2 Å². The molecule has 1 aromatic carbocycles. The van der Waals surface area contributed by atoms with Crippen LogP contribution in [0.5, 0.6) is 0 Å². The molecule has 4 heteroatoms. The summed E-state index contributed by atoms with van der Waals surface area (Å²) < 4.78 is 0. The Morgan fingerprint density at radius 2 is 1.78 bits per heavy atom. The average molecular weight is 359 g/mol. The lowest BCUT2D eigenvalue weighted by Gasteiger charge is -2.52. The van der Waals surface area contributed by atoms with Gasteiger partial charge in [0.15, 0.2) is 0 Å². The van der Waals surface area contributed by atoms with Gasteiger partial charge in [-0.3, -0.25) is 14.9 Å². The first-order valence-electron chi connectivity index (χ1n) is 9.93. The number of nitrogens with zero attached hydrogens (tertiary/aromatic N) is 3. The number of aromatic nitrogens is 2. The zero-order chi connectivity index (χ0) is 18.3. The first-order valence-corrected chi connectivity index (χ1v) is 9.93. The summed E-state index contributed by atoms with van der Waals surface area (Å²) in [6.07, 6.45) is 6.99. The van der Waals surface area contributed by atoms with E-state index in [1.54, 1.807) is 6.20 Å². The highest BCUT2D eigenvalue weighted by Gasteiger charge is 2.52. The molecule has 2 aromatic heterocycles. The van der Waals surface area contributed by atoms with Crippen molar-refractivity contribution in [2.24, 2.45) is 11.8 Å². The maximum atomic E-state index is 11.6. The van der Waals surface area contributed by atoms with Crippen molar-refractivity contribution in [3.63, 3.8) is 0 Å². The van der Waals surface area contributed by atoms with E-state index in [1.807, 2.05) is 30.5 Å². The fourth-order valence-electron chi connectivity index (χ4n) is 5.17. The highest BCUT2D eigenvalue weighted by atomic mass is 16.3. The quantitative estimate of drug-likeness (QED) is 0.774. The van der Waals surface area contributed by atoms with E-state index in [2.05, 4.69) is 39.1 Å². The minimum atomic E-state index is -0.774. The number of hydrogen-bond donors (Lipinski definition) is 1. The predicted molar refractivity (Wildman–Crippen MR) is 106 cm³/mol. The summed E-state index contributed by atoms with van der Waals surface area (Å²) in [6, 6.07) is 16.6. The van der Waals surface area contributed by atoms with Crippen LogP contribution in [-0.2, 0) is 12.1 Å². The van der Waals surface area contributed by atoms with Gasteiger partial charge in [0.2, 0.25) is 0 Å². The number of pyridine rings is 2. The lowest BCUT2D eigenvalue weighted by atomic mass is 9.64. The van der Waals surface area contributed by atoms with Crippen LogP contribution in [-0.4, -0.2) is 33.1 Å². The highest BCUT2D eigenvalue weighted by molar-refractivity contribution is 5.78. The number of benzene rings is 1. The molecule has 1 aliphatic carbocycles. The number of likely N-dealkylation sites (tertiary alicyclic amines) is 1. The van der Waals surface area contributed by atoms with Gasteiger partial charge in [-0.05, 0) is 48.7 Å². The molecule has 5 rings (SSSR count). The van der Waals surface area contributed by atoms with Gasteiger partial charge in [-0.2, -0.15) is 0 Å². The molecule has 3 aromatic rings. The van der Waals surface area contributed by atoms with Crippen LogP contribution >= 0.6 is 0 Å². The normalized spacial score (nSPS) is 28.3. The minimum absolute atomic E-state index is 0.252. The van der Waals surface area contributed by atoms with Crippen LogP contribution in [0.1, 0.15) is 30.5 Å². The third-order valence-electron chi connectivity index (χ3n) is 6.46. The van der Waals surface area contributed by atoms with Gasteiger partial charge >= 0.3 is 0 Å². The van der Waals surface area contributed by atoms with Crippen molar-refractivity contribution in [3.05, 3.63) is 72.2 Å². The zero-order valence-electron chi connectivity index (χ0n) is 15.5. The van der Waals surface area contributed by atoms with E-state index >= 15 is 0 Å². The van der Waals surface area contributed by atoms with Gasteiger partial charge < -0.3 is 5.11 Å². The Hall–Kier alpha value is -2.30. The standard InChI is InChI=1S/C23H25N3O/c27-23(22-8-1-2-11-25-22)19-6-3-7-20(23)16-26(15-19)14-17-9-10-21-18(13-17)5-4-12-24-21/h1-2,4-5,8-13,19-20,27H,3,6-7,14-16H2/t19-,20-/m1/s1. The molecule has 2 fully saturated rings. The number of hydrogen-bond acceptors (Lipinski definition) is 4. The summed E-state index contributed by atoms with van der Waals surface area (Å²) in [6.45, 7) is 2.78. The van der Waals surface area contributed by atoms with Crippen LogP contribution in [0, 0.1) is 11.8 Å². The van der Waals surface area contributed by atoms with Gasteiger partial charge in [-0.25, -0.2) is 0 Å². The third kappa shape index (κ3) is 2.93. The van der Waals surface area contributed by atoms with E-state index in [1.165, 1.54) is 17.4 Å². The molecule has 1 N–H and O–H groups in total. The van der Waals surface area contributed by atoms with Crippen LogP contribution in [0.25, 0.3) is 10.9 Å². The molecule has 0 spiro atoms. The van der Waals surface area contributed by atoms with Crippen molar-refractivity contribution in [1.82, 2.24) is 14.9 Å². The molecule has 2 atom stereocenters. The number of aliphatic hydroxyl groups is 1. The Bertz CT molecular complexity index is 929. The Balaban J connectivity index is 1.39. The Morgan fingerprint density at radius 1 is 0.963 bits per heavy atom. The van der Waals surface area contributed by atoms with Gasteiger partial charge in [0.05, 0.1) is 11.2 Å². The summed E-state index contributed by atoms with van der Waals surface area (Å²) in [5.41, 5.74) is 2.44. The molecule has 0 amide bonds. The summed E-state index contributed by atoms with van der Waals surface area (Å²) in [5.74, 6) is 0.504. The minimum Gasteiger partial charge on any atom is -0.383 e. The van der Waals surface area contributed by atoms with Gasteiger partial charge in [-0.15, -0.1) is 0 Å². The molecule has 0 radical (unpaired) electrons. The molecule has 0 unspecified atom stereocenters. The lowest BCUT2D eigenvalue weighted by Crippen LogP contribution is -2.58. The first kappa shape index (κ1) is 16.8. The van der Waals surface area contributed by atoms with Crippen LogP contribution < -0.4 is 0 Å². The molecular formula is C23H25N3O. The molecule has 138 valence electrons. The summed E-state index contributed by atoms with van der Waals surface area (Å²) in [4.78, 5) is 11.5. The maximum absolute atomic E-state index is 11.6. The largest absolute Gasteiger partial charge is 0.383 e. The van der Waals surface area contributed by atoms with E-state index in [0.29, 0.717) is 0 Å². The molecule has 27 heavy (non-hydrogen) atoms. The second-order valence-corrected chi connectivity index (χ2v) is 8.09. The lowest BCUT2D eigenvalue weighted by molar-refractivity contribution is -0.151. The third-order valence-corrected chi connectivity index (χ3v) is 6.46. The predicted octanol–water partition coefficient (Wildman–Crippen LogP) is 3.75. The second kappa shape index (κ2) is 6.70. The highest BCUT2D eigenvalue weighted by Crippen LogP contribution is 2.48. The number of fused-ring (bicyclic) bond motifs is 3. The summed E-state index contributed by atoms with van der Waals surface area (Å²) in [7, 11) is 0. The van der Waals surface area contributed by atoms with Crippen molar-refractivity contribution in [2.45, 2.75) is 31.4 Å². The van der Waals surface area contributed by atoms with Crippen LogP contribution in [0.2, 0.25) is 0 Å². The van der Waals surface area contributed by atoms with Crippen molar-refractivity contribution in [1.29, 1.82) is 0 Å². The Kier molecular flexibility index (Phi) is 4.18. The SMILES string of the molecule is OC1(c2ccccn2)[C@@H]2CCC[C@@H]1CN(Cc1ccc3ncccc3c1)C2. The topological polar surface area (TPSA) is 49.3 Å². The Morgan fingerprint density at radius 3 is 2.56 bits per heavy atom. The molecule has 3 heterocycles. The van der Waals surface area contributed by atoms with Crippen molar-refractivity contribution >= 4 is 10.9 Å². The molecule has 2 aliphatic rings. The van der Waals surface area contributed by atoms with Crippen molar-refractivity contribution in [3.8, 4) is 0 Å². The van der Waals surface area contributed by atoms with Crippen LogP contribution in [0.15, 0.2) is 60.9 Å². The molecule has 2 bridgehead atoms. The zero-order valence-corrected chi connectivity index (χ0v) is 15.5. The average Bonchev–Trinajstić information content (AvgIpc) is 2.69. The van der Waals surface area contributed by atoms with Crippen LogP contribution in [0.3, 0.4) is 0 Å².